The molecule has 7 heteroatoms. The lowest BCUT2D eigenvalue weighted by Crippen LogP contribution is -2.46. The normalized spacial score (nSPS) is 19.9. The molecule has 1 fully saturated rings. The quantitative estimate of drug-likeness (QED) is 0.569. The number of hydrogen-bond donors (Lipinski definition) is 2. The Balaban J connectivity index is 1.40. The van der Waals surface area contributed by atoms with Crippen LogP contribution in [0.1, 0.15) is 75.1 Å². The number of aryl methyl sites for hydroxylation is 2. The number of urea groups is 1. The van der Waals surface area contributed by atoms with Crippen LogP contribution in [-0.2, 0) is 19.3 Å². The van der Waals surface area contributed by atoms with E-state index in [1.165, 1.54) is 42.5 Å². The van der Waals surface area contributed by atoms with Crippen molar-refractivity contribution < 1.29 is 4.79 Å². The minimum absolute atomic E-state index is 0.124. The van der Waals surface area contributed by atoms with E-state index in [4.69, 9.17) is 15.7 Å². The molecule has 184 valence electrons. The van der Waals surface area contributed by atoms with Gasteiger partial charge in [0.2, 0.25) is 5.95 Å². The summed E-state index contributed by atoms with van der Waals surface area (Å²) in [6.07, 6.45) is 11.7. The second-order valence-electron chi connectivity index (χ2n) is 10.0. The number of benzene rings is 1. The number of nitrogens with zero attached hydrogens (tertiary/aromatic N) is 4. The van der Waals surface area contributed by atoms with Crippen LogP contribution in [0.2, 0.25) is 0 Å². The lowest BCUT2D eigenvalue weighted by molar-refractivity contribution is 0.248. The van der Waals surface area contributed by atoms with Crippen LogP contribution in [0.25, 0.3) is 0 Å². The van der Waals surface area contributed by atoms with Gasteiger partial charge in [0.05, 0.1) is 5.69 Å². The molecule has 1 heterocycles. The lowest BCUT2D eigenvalue weighted by atomic mass is 9.90. The van der Waals surface area contributed by atoms with Gasteiger partial charge in [-0.1, -0.05) is 25.5 Å². The number of amides is 2. The lowest BCUT2D eigenvalue weighted by Gasteiger charge is -2.36. The van der Waals surface area contributed by atoms with E-state index in [2.05, 4.69) is 43.4 Å². The van der Waals surface area contributed by atoms with Crippen LogP contribution >= 0.6 is 0 Å². The first-order chi connectivity index (χ1) is 16.5. The minimum Gasteiger partial charge on any atom is -0.362 e. The molecule has 34 heavy (non-hydrogen) atoms. The fourth-order valence-corrected chi connectivity index (χ4v) is 5.39. The first-order valence-corrected chi connectivity index (χ1v) is 13.0. The van der Waals surface area contributed by atoms with Gasteiger partial charge in [-0.15, -0.1) is 0 Å². The Hall–Kier alpha value is -2.83. The van der Waals surface area contributed by atoms with Crippen LogP contribution in [0.3, 0.4) is 0 Å². The average molecular weight is 465 g/mol. The fourth-order valence-electron chi connectivity index (χ4n) is 5.39. The molecule has 2 amide bonds. The number of unbranched alkanes of at least 4 members (excludes halogenated alkanes) is 1. The molecule has 0 spiro atoms. The Kier molecular flexibility index (Phi) is 7.91. The van der Waals surface area contributed by atoms with Gasteiger partial charge in [-0.2, -0.15) is 4.98 Å². The van der Waals surface area contributed by atoms with Crippen molar-refractivity contribution in [3.63, 3.8) is 0 Å². The molecule has 3 N–H and O–H groups in total. The second-order valence-corrected chi connectivity index (χ2v) is 10.0. The smallest absolute Gasteiger partial charge is 0.319 e. The third-order valence-electron chi connectivity index (χ3n) is 7.25. The van der Waals surface area contributed by atoms with Crippen LogP contribution in [0.15, 0.2) is 24.3 Å². The Labute approximate surface area is 204 Å². The average Bonchev–Trinajstić information content (AvgIpc) is 2.84. The van der Waals surface area contributed by atoms with Crippen LogP contribution in [0.4, 0.5) is 22.2 Å². The van der Waals surface area contributed by atoms with Gasteiger partial charge in [-0.25, -0.2) is 9.78 Å². The van der Waals surface area contributed by atoms with Crippen molar-refractivity contribution in [3.8, 4) is 0 Å². The van der Waals surface area contributed by atoms with Gasteiger partial charge in [-0.3, -0.25) is 4.90 Å². The largest absolute Gasteiger partial charge is 0.362 e. The second kappa shape index (κ2) is 11.1. The SMILES string of the molecule is CCCCc1ccc(N(C(N)=O)C2CCC(Nc3nc4c(c(N(C)C)n3)CCCC4)CC2)cc1. The highest BCUT2D eigenvalue weighted by Crippen LogP contribution is 2.31. The summed E-state index contributed by atoms with van der Waals surface area (Å²) >= 11 is 0. The first kappa shape index (κ1) is 24.3. The molecule has 0 saturated heterocycles. The highest BCUT2D eigenvalue weighted by molar-refractivity contribution is 5.91. The van der Waals surface area contributed by atoms with Crippen molar-refractivity contribution in [2.45, 2.75) is 89.6 Å². The first-order valence-electron chi connectivity index (χ1n) is 13.0. The highest BCUT2D eigenvalue weighted by Gasteiger charge is 2.30. The van der Waals surface area contributed by atoms with E-state index in [1.807, 2.05) is 12.1 Å². The topological polar surface area (TPSA) is 87.4 Å². The Bertz CT molecular complexity index is 966. The number of hydrogen-bond acceptors (Lipinski definition) is 5. The van der Waals surface area contributed by atoms with Crippen molar-refractivity contribution >= 4 is 23.5 Å². The Morgan fingerprint density at radius 3 is 2.41 bits per heavy atom. The van der Waals surface area contributed by atoms with Gasteiger partial charge in [0, 0.05) is 37.4 Å². The van der Waals surface area contributed by atoms with Crippen molar-refractivity contribution in [2.75, 3.05) is 29.2 Å². The molecule has 2 aromatic rings. The van der Waals surface area contributed by atoms with E-state index in [-0.39, 0.29) is 12.1 Å². The summed E-state index contributed by atoms with van der Waals surface area (Å²) in [6, 6.07) is 8.41. The van der Waals surface area contributed by atoms with Gasteiger partial charge in [0.15, 0.2) is 0 Å². The zero-order chi connectivity index (χ0) is 24.1. The van der Waals surface area contributed by atoms with Gasteiger partial charge >= 0.3 is 6.03 Å². The van der Waals surface area contributed by atoms with Gasteiger partial charge in [-0.05, 0) is 81.9 Å². The van der Waals surface area contributed by atoms with E-state index in [0.29, 0.717) is 6.04 Å². The fraction of sp³-hybridized carbons (Fsp3) is 0.593. The molecule has 2 aliphatic carbocycles. The number of nitrogens with two attached hydrogens (primary N) is 1. The summed E-state index contributed by atoms with van der Waals surface area (Å²) in [5.74, 6) is 1.78. The molecule has 0 aliphatic heterocycles. The van der Waals surface area contributed by atoms with Gasteiger partial charge in [0.1, 0.15) is 5.82 Å². The summed E-state index contributed by atoms with van der Waals surface area (Å²) in [4.78, 5) is 26.0. The van der Waals surface area contributed by atoms with E-state index >= 15 is 0 Å². The standard InChI is InChI=1S/C27H40N6O/c1-4-5-8-19-11-15-21(16-12-19)33(26(28)34)22-17-13-20(14-18-22)29-27-30-24-10-7-6-9-23(24)25(31-27)32(2)3/h11-12,15-16,20,22H,4-10,13-14,17-18H2,1-3H3,(H2,28,34)(H,29,30,31). The molecular formula is C27H40N6O. The van der Waals surface area contributed by atoms with Crippen LogP contribution in [0.5, 0.6) is 0 Å². The third kappa shape index (κ3) is 5.62. The van der Waals surface area contributed by atoms with Crippen molar-refractivity contribution in [2.24, 2.45) is 5.73 Å². The highest BCUT2D eigenvalue weighted by atomic mass is 16.2. The number of anilines is 3. The maximum absolute atomic E-state index is 12.4. The number of nitrogens with one attached hydrogen (secondary N) is 1. The maximum Gasteiger partial charge on any atom is 0.319 e. The third-order valence-corrected chi connectivity index (χ3v) is 7.25. The number of fused-ring (bicyclic) bond motifs is 1. The van der Waals surface area contributed by atoms with Crippen LogP contribution in [0, 0.1) is 0 Å². The molecule has 0 unspecified atom stereocenters. The molecule has 1 saturated carbocycles. The van der Waals surface area contributed by atoms with E-state index in [1.54, 1.807) is 4.90 Å². The molecule has 7 nitrogen and oxygen atoms in total. The van der Waals surface area contributed by atoms with Crippen molar-refractivity contribution in [1.82, 2.24) is 9.97 Å². The Morgan fingerprint density at radius 2 is 1.76 bits per heavy atom. The summed E-state index contributed by atoms with van der Waals surface area (Å²) in [5, 5.41) is 3.60. The molecular weight excluding hydrogens is 424 g/mol. The number of primary amides is 1. The number of carbonyl (C=O) groups is 1. The molecule has 0 bridgehead atoms. The number of aromatic nitrogens is 2. The zero-order valence-corrected chi connectivity index (χ0v) is 21.0. The molecule has 1 aromatic carbocycles. The number of carbonyl (C=O) groups excluding carboxylic acids is 1. The predicted octanol–water partition coefficient (Wildman–Crippen LogP) is 5.07. The zero-order valence-electron chi connectivity index (χ0n) is 21.0. The summed E-state index contributed by atoms with van der Waals surface area (Å²) < 4.78 is 0. The minimum atomic E-state index is -0.369. The van der Waals surface area contributed by atoms with E-state index in [9.17, 15) is 4.79 Å². The van der Waals surface area contributed by atoms with Crippen molar-refractivity contribution in [1.29, 1.82) is 0 Å². The molecule has 1 aromatic heterocycles. The summed E-state index contributed by atoms with van der Waals surface area (Å²) in [6.45, 7) is 2.20. The molecule has 0 radical (unpaired) electrons. The molecule has 4 rings (SSSR count). The molecule has 2 aliphatic rings. The summed E-state index contributed by atoms with van der Waals surface area (Å²) in [5.41, 5.74) is 10.5. The summed E-state index contributed by atoms with van der Waals surface area (Å²) in [7, 11) is 4.11. The van der Waals surface area contributed by atoms with Gasteiger partial charge in [0.25, 0.3) is 0 Å². The van der Waals surface area contributed by atoms with E-state index in [0.717, 1.165) is 62.4 Å². The van der Waals surface area contributed by atoms with Crippen LogP contribution in [-0.4, -0.2) is 42.2 Å². The monoisotopic (exact) mass is 464 g/mol. The van der Waals surface area contributed by atoms with Crippen molar-refractivity contribution in [3.05, 3.63) is 41.1 Å². The van der Waals surface area contributed by atoms with Crippen LogP contribution < -0.4 is 20.9 Å². The Morgan fingerprint density at radius 1 is 1.06 bits per heavy atom. The van der Waals surface area contributed by atoms with E-state index < -0.39 is 0 Å². The molecule has 0 atom stereocenters. The number of rotatable bonds is 8. The van der Waals surface area contributed by atoms with Gasteiger partial charge < -0.3 is 16.0 Å². The predicted molar refractivity (Wildman–Crippen MR) is 140 cm³/mol. The maximum atomic E-state index is 12.4.